The van der Waals surface area contributed by atoms with Crippen molar-refractivity contribution in [3.05, 3.63) is 65.7 Å². The molecule has 0 fully saturated rings. The Morgan fingerprint density at radius 3 is 1.89 bits per heavy atom. The van der Waals surface area contributed by atoms with E-state index in [4.69, 9.17) is 11.5 Å². The summed E-state index contributed by atoms with van der Waals surface area (Å²) in [4.78, 5) is 3.87. The summed E-state index contributed by atoms with van der Waals surface area (Å²) in [5.74, 6) is -0.225. The molecule has 1 heterocycles. The first-order valence-corrected chi connectivity index (χ1v) is 6.18. The number of pyridine rings is 1. The summed E-state index contributed by atoms with van der Waals surface area (Å²) in [6.07, 6.45) is 3.50. The highest BCUT2D eigenvalue weighted by Gasteiger charge is 2.03. The Hall–Kier alpha value is -1.78. The lowest BCUT2D eigenvalue weighted by Crippen LogP contribution is -2.06. The van der Waals surface area contributed by atoms with Crippen molar-refractivity contribution in [1.29, 1.82) is 0 Å². The van der Waals surface area contributed by atoms with Crippen LogP contribution in [-0.2, 0) is 0 Å². The van der Waals surface area contributed by atoms with E-state index < -0.39 is 0 Å². The summed E-state index contributed by atoms with van der Waals surface area (Å²) >= 11 is 0. The van der Waals surface area contributed by atoms with Gasteiger partial charge < -0.3 is 11.5 Å². The van der Waals surface area contributed by atoms with Crippen LogP contribution in [0.4, 0.5) is 4.39 Å². The fraction of sp³-hybridized carbons (Fsp3) is 0.267. The van der Waals surface area contributed by atoms with Crippen LogP contribution in [-0.4, -0.2) is 4.98 Å². The molecule has 0 saturated carbocycles. The van der Waals surface area contributed by atoms with Crippen molar-refractivity contribution < 1.29 is 4.39 Å². The fourth-order valence-electron chi connectivity index (χ4n) is 1.51. The molecule has 0 aliphatic rings. The Bertz CT molecular complexity index is 484. The molecule has 2 aromatic rings. The van der Waals surface area contributed by atoms with E-state index in [1.165, 1.54) is 6.07 Å². The molecule has 0 radical (unpaired) electrons. The smallest absolute Gasteiger partial charge is 0.127 e. The molecule has 4 N–H and O–H groups in total. The second-order valence-electron chi connectivity index (χ2n) is 4.38. The van der Waals surface area contributed by atoms with Gasteiger partial charge in [0.2, 0.25) is 0 Å². The van der Waals surface area contributed by atoms with Crippen molar-refractivity contribution >= 4 is 0 Å². The summed E-state index contributed by atoms with van der Waals surface area (Å²) in [5, 5.41) is 0. The number of halogens is 1. The number of rotatable bonds is 2. The van der Waals surface area contributed by atoms with Gasteiger partial charge in [0.05, 0.1) is 0 Å². The van der Waals surface area contributed by atoms with Gasteiger partial charge in [-0.2, -0.15) is 0 Å². The van der Waals surface area contributed by atoms with Gasteiger partial charge in [0.25, 0.3) is 0 Å². The summed E-state index contributed by atoms with van der Waals surface area (Å²) in [7, 11) is 0. The van der Waals surface area contributed by atoms with Crippen LogP contribution in [0, 0.1) is 5.82 Å². The first-order valence-electron chi connectivity index (χ1n) is 6.18. The molecule has 4 heteroatoms. The predicted octanol–water partition coefficient (Wildman–Crippen LogP) is 2.95. The molecule has 0 aliphatic carbocycles. The minimum absolute atomic E-state index is 0.119. The van der Waals surface area contributed by atoms with Crippen LogP contribution in [0.15, 0.2) is 48.8 Å². The largest absolute Gasteiger partial charge is 0.324 e. The van der Waals surface area contributed by atoms with Crippen LogP contribution >= 0.6 is 0 Å². The zero-order valence-electron chi connectivity index (χ0n) is 11.3. The molecule has 0 bridgehead atoms. The lowest BCUT2D eigenvalue weighted by Gasteiger charge is -2.04. The average Bonchev–Trinajstić information content (AvgIpc) is 2.40. The van der Waals surface area contributed by atoms with E-state index in [1.54, 1.807) is 37.5 Å². The Kier molecular flexibility index (Phi) is 6.12. The zero-order chi connectivity index (χ0) is 14.3. The standard InChI is InChI=1S/C8H10FN.C7H10N2/c1-6(10)7-4-2-3-5-8(7)9;1-6(8)7-2-4-9-5-3-7/h2-6H,10H2,1H3;2-6H,8H2,1H3. The maximum Gasteiger partial charge on any atom is 0.127 e. The highest BCUT2D eigenvalue weighted by Crippen LogP contribution is 2.12. The van der Waals surface area contributed by atoms with E-state index in [-0.39, 0.29) is 17.9 Å². The van der Waals surface area contributed by atoms with Gasteiger partial charge in [0.15, 0.2) is 0 Å². The number of nitrogens with two attached hydrogens (primary N) is 2. The number of nitrogens with zero attached hydrogens (tertiary/aromatic N) is 1. The monoisotopic (exact) mass is 261 g/mol. The lowest BCUT2D eigenvalue weighted by molar-refractivity contribution is 0.594. The zero-order valence-corrected chi connectivity index (χ0v) is 11.3. The van der Waals surface area contributed by atoms with E-state index in [1.807, 2.05) is 19.1 Å². The molecule has 1 aromatic carbocycles. The predicted molar refractivity (Wildman–Crippen MR) is 75.8 cm³/mol. The SMILES string of the molecule is CC(N)c1ccccc1F.CC(N)c1ccncc1. The number of benzene rings is 1. The van der Waals surface area contributed by atoms with Gasteiger partial charge in [-0.25, -0.2) is 4.39 Å². The summed E-state index contributed by atoms with van der Waals surface area (Å²) in [6.45, 7) is 3.72. The fourth-order valence-corrected chi connectivity index (χ4v) is 1.51. The normalized spacial score (nSPS) is 13.1. The molecular weight excluding hydrogens is 241 g/mol. The second-order valence-corrected chi connectivity index (χ2v) is 4.38. The molecule has 3 nitrogen and oxygen atoms in total. The second kappa shape index (κ2) is 7.61. The maximum atomic E-state index is 12.8. The molecule has 2 atom stereocenters. The van der Waals surface area contributed by atoms with Gasteiger partial charge in [0, 0.05) is 30.0 Å². The highest BCUT2D eigenvalue weighted by atomic mass is 19.1. The molecule has 2 unspecified atom stereocenters. The van der Waals surface area contributed by atoms with Crippen LogP contribution in [0.25, 0.3) is 0 Å². The van der Waals surface area contributed by atoms with Crippen molar-refractivity contribution in [1.82, 2.24) is 4.98 Å². The Labute approximate surface area is 113 Å². The highest BCUT2D eigenvalue weighted by molar-refractivity contribution is 5.19. The van der Waals surface area contributed by atoms with Gasteiger partial charge in [-0.05, 0) is 37.6 Å². The molecular formula is C15H20FN3. The van der Waals surface area contributed by atoms with Crippen LogP contribution in [0.5, 0.6) is 0 Å². The van der Waals surface area contributed by atoms with Crippen molar-refractivity contribution in [2.45, 2.75) is 25.9 Å². The molecule has 0 saturated heterocycles. The summed E-state index contributed by atoms with van der Waals surface area (Å²) in [5.41, 5.74) is 12.8. The number of aromatic nitrogens is 1. The van der Waals surface area contributed by atoms with Crippen molar-refractivity contribution in [3.8, 4) is 0 Å². The molecule has 0 aliphatic heterocycles. The van der Waals surface area contributed by atoms with Gasteiger partial charge in [0.1, 0.15) is 5.82 Å². The van der Waals surface area contributed by atoms with Crippen LogP contribution < -0.4 is 11.5 Å². The Morgan fingerprint density at radius 2 is 1.53 bits per heavy atom. The lowest BCUT2D eigenvalue weighted by atomic mass is 10.1. The minimum Gasteiger partial charge on any atom is -0.324 e. The third-order valence-corrected chi connectivity index (χ3v) is 2.63. The van der Waals surface area contributed by atoms with Crippen LogP contribution in [0.1, 0.15) is 37.1 Å². The minimum atomic E-state index is -0.225. The quantitative estimate of drug-likeness (QED) is 0.873. The van der Waals surface area contributed by atoms with Gasteiger partial charge >= 0.3 is 0 Å². The van der Waals surface area contributed by atoms with E-state index in [9.17, 15) is 4.39 Å². The molecule has 0 amide bonds. The van der Waals surface area contributed by atoms with Crippen LogP contribution in [0.2, 0.25) is 0 Å². The van der Waals surface area contributed by atoms with Crippen molar-refractivity contribution in [2.75, 3.05) is 0 Å². The van der Waals surface area contributed by atoms with Gasteiger partial charge in [-0.15, -0.1) is 0 Å². The third-order valence-electron chi connectivity index (χ3n) is 2.63. The van der Waals surface area contributed by atoms with Crippen LogP contribution in [0.3, 0.4) is 0 Å². The summed E-state index contributed by atoms with van der Waals surface area (Å²) in [6, 6.07) is 10.3. The Balaban J connectivity index is 0.000000191. The average molecular weight is 261 g/mol. The van der Waals surface area contributed by atoms with E-state index in [0.717, 1.165) is 5.56 Å². The topological polar surface area (TPSA) is 64.9 Å². The van der Waals surface area contributed by atoms with E-state index in [2.05, 4.69) is 4.98 Å². The molecule has 2 rings (SSSR count). The van der Waals surface area contributed by atoms with E-state index >= 15 is 0 Å². The maximum absolute atomic E-state index is 12.8. The van der Waals surface area contributed by atoms with E-state index in [0.29, 0.717) is 5.56 Å². The summed E-state index contributed by atoms with van der Waals surface area (Å²) < 4.78 is 12.8. The third kappa shape index (κ3) is 5.16. The Morgan fingerprint density at radius 1 is 0.947 bits per heavy atom. The number of hydrogen-bond acceptors (Lipinski definition) is 3. The molecule has 102 valence electrons. The van der Waals surface area contributed by atoms with Gasteiger partial charge in [-0.1, -0.05) is 18.2 Å². The molecule has 19 heavy (non-hydrogen) atoms. The molecule has 0 spiro atoms. The van der Waals surface area contributed by atoms with Crippen molar-refractivity contribution in [3.63, 3.8) is 0 Å². The van der Waals surface area contributed by atoms with Gasteiger partial charge in [-0.3, -0.25) is 4.98 Å². The first-order chi connectivity index (χ1) is 9.02. The molecule has 1 aromatic heterocycles. The van der Waals surface area contributed by atoms with Crippen molar-refractivity contribution in [2.24, 2.45) is 11.5 Å². The first kappa shape index (κ1) is 15.3. The number of hydrogen-bond donors (Lipinski definition) is 2.